The third kappa shape index (κ3) is 3.27. The Hall–Kier alpha value is -1.33. The predicted octanol–water partition coefficient (Wildman–Crippen LogP) is 2.94. The van der Waals surface area contributed by atoms with Crippen molar-refractivity contribution in [2.24, 2.45) is 0 Å². The average Bonchev–Trinajstić information content (AvgIpc) is 2.15. The van der Waals surface area contributed by atoms with Gasteiger partial charge in [-0.05, 0) is 18.0 Å². The Kier molecular flexibility index (Phi) is 3.48. The fourth-order valence-corrected chi connectivity index (χ4v) is 1.12. The van der Waals surface area contributed by atoms with Crippen LogP contribution in [0.25, 0.3) is 4.85 Å². The van der Waals surface area contributed by atoms with Gasteiger partial charge in [-0.15, -0.1) is 0 Å². The molecule has 0 radical (unpaired) electrons. The molecule has 1 rings (SSSR count). The van der Waals surface area contributed by atoms with Crippen LogP contribution in [0, 0.1) is 6.57 Å². The van der Waals surface area contributed by atoms with E-state index in [1.54, 1.807) is 18.2 Å². The van der Waals surface area contributed by atoms with Gasteiger partial charge in [-0.1, -0.05) is 29.8 Å². The highest BCUT2D eigenvalue weighted by molar-refractivity contribution is 6.63. The topological polar surface area (TPSA) is 21.4 Å². The molecule has 0 aromatic heterocycles. The molecule has 0 fully saturated rings. The lowest BCUT2D eigenvalue weighted by molar-refractivity contribution is -0.111. The number of aryl methyl sites for hydroxylation is 1. The van der Waals surface area contributed by atoms with Gasteiger partial charge in [0, 0.05) is 6.42 Å². The molecule has 13 heavy (non-hydrogen) atoms. The van der Waals surface area contributed by atoms with Gasteiger partial charge >= 0.3 is 0 Å². The molecule has 0 aliphatic heterocycles. The summed E-state index contributed by atoms with van der Waals surface area (Å²) in [5, 5.41) is -0.340. The standard InChI is InChI=1S/C10H8ClNO/c1-12-9-4-2-3-8(7-9)5-6-10(11)13/h2-4,7H,5-6H2. The van der Waals surface area contributed by atoms with Crippen LogP contribution in [-0.4, -0.2) is 5.24 Å². The SMILES string of the molecule is [C-]#[N+]c1cccc(CCC(=O)Cl)c1. The maximum absolute atomic E-state index is 10.5. The fraction of sp³-hybridized carbons (Fsp3) is 0.200. The highest BCUT2D eigenvalue weighted by Gasteiger charge is 1.98. The van der Waals surface area contributed by atoms with Crippen LogP contribution in [0.2, 0.25) is 0 Å². The van der Waals surface area contributed by atoms with Gasteiger partial charge < -0.3 is 0 Å². The number of nitrogens with zero attached hydrogens (tertiary/aromatic N) is 1. The van der Waals surface area contributed by atoms with E-state index in [4.69, 9.17) is 18.2 Å². The molecule has 0 amide bonds. The Morgan fingerprint density at radius 3 is 2.92 bits per heavy atom. The molecule has 0 unspecified atom stereocenters. The van der Waals surface area contributed by atoms with Crippen LogP contribution < -0.4 is 0 Å². The second-order valence-electron chi connectivity index (χ2n) is 2.64. The summed E-state index contributed by atoms with van der Waals surface area (Å²) in [6.45, 7) is 6.79. The molecule has 0 aliphatic carbocycles. The lowest BCUT2D eigenvalue weighted by Crippen LogP contribution is -1.90. The third-order valence-electron chi connectivity index (χ3n) is 1.65. The first-order chi connectivity index (χ1) is 6.22. The van der Waals surface area contributed by atoms with E-state index in [2.05, 4.69) is 4.85 Å². The fourth-order valence-electron chi connectivity index (χ4n) is 1.02. The summed E-state index contributed by atoms with van der Waals surface area (Å²) in [6.07, 6.45) is 0.925. The number of carbonyl (C=O) groups is 1. The molecule has 1 aromatic rings. The zero-order valence-corrected chi connectivity index (χ0v) is 7.71. The van der Waals surface area contributed by atoms with E-state index in [9.17, 15) is 4.79 Å². The Morgan fingerprint density at radius 1 is 1.54 bits per heavy atom. The normalized spacial score (nSPS) is 9.23. The van der Waals surface area contributed by atoms with Crippen LogP contribution in [-0.2, 0) is 11.2 Å². The number of benzene rings is 1. The molecule has 0 saturated heterocycles. The van der Waals surface area contributed by atoms with Crippen molar-refractivity contribution in [3.8, 4) is 0 Å². The van der Waals surface area contributed by atoms with Crippen molar-refractivity contribution in [3.63, 3.8) is 0 Å². The van der Waals surface area contributed by atoms with Crippen molar-refractivity contribution in [2.45, 2.75) is 12.8 Å². The van der Waals surface area contributed by atoms with Gasteiger partial charge in [-0.2, -0.15) is 0 Å². The van der Waals surface area contributed by atoms with Crippen molar-refractivity contribution >= 4 is 22.5 Å². The van der Waals surface area contributed by atoms with Crippen molar-refractivity contribution < 1.29 is 4.79 Å². The molecule has 0 aliphatic rings. The van der Waals surface area contributed by atoms with E-state index < -0.39 is 0 Å². The highest BCUT2D eigenvalue weighted by Crippen LogP contribution is 2.15. The molecule has 0 bridgehead atoms. The van der Waals surface area contributed by atoms with Crippen molar-refractivity contribution in [3.05, 3.63) is 41.2 Å². The van der Waals surface area contributed by atoms with Crippen LogP contribution in [0.5, 0.6) is 0 Å². The van der Waals surface area contributed by atoms with E-state index in [1.807, 2.05) is 6.07 Å². The first kappa shape index (κ1) is 9.76. The smallest absolute Gasteiger partial charge is 0.221 e. The largest absolute Gasteiger partial charge is 0.281 e. The van der Waals surface area contributed by atoms with Gasteiger partial charge in [0.05, 0.1) is 6.57 Å². The molecule has 0 N–H and O–H groups in total. The molecule has 0 atom stereocenters. The Bertz CT molecular complexity index is 354. The molecule has 1 aromatic carbocycles. The minimum absolute atomic E-state index is 0.322. The van der Waals surface area contributed by atoms with E-state index >= 15 is 0 Å². The summed E-state index contributed by atoms with van der Waals surface area (Å²) in [6, 6.07) is 7.20. The van der Waals surface area contributed by atoms with E-state index in [1.165, 1.54) is 0 Å². The molecular weight excluding hydrogens is 186 g/mol. The Balaban J connectivity index is 2.68. The summed E-state index contributed by atoms with van der Waals surface area (Å²) < 4.78 is 0. The molecular formula is C10H8ClNO. The first-order valence-corrected chi connectivity index (χ1v) is 4.25. The summed E-state index contributed by atoms with van der Waals surface area (Å²) >= 11 is 5.20. The zero-order chi connectivity index (χ0) is 9.68. The van der Waals surface area contributed by atoms with Crippen LogP contribution >= 0.6 is 11.6 Å². The average molecular weight is 194 g/mol. The first-order valence-electron chi connectivity index (χ1n) is 3.87. The predicted molar refractivity (Wildman–Crippen MR) is 51.9 cm³/mol. The minimum atomic E-state index is -0.340. The number of hydrogen-bond acceptors (Lipinski definition) is 1. The lowest BCUT2D eigenvalue weighted by Gasteiger charge is -1.98. The minimum Gasteiger partial charge on any atom is -0.281 e. The number of hydrogen-bond donors (Lipinski definition) is 0. The molecule has 0 spiro atoms. The van der Waals surface area contributed by atoms with Crippen molar-refractivity contribution in [1.82, 2.24) is 0 Å². The van der Waals surface area contributed by atoms with Crippen LogP contribution in [0.3, 0.4) is 0 Å². The van der Waals surface area contributed by atoms with E-state index in [0.717, 1.165) is 5.56 Å². The van der Waals surface area contributed by atoms with Crippen LogP contribution in [0.4, 0.5) is 5.69 Å². The summed E-state index contributed by atoms with van der Waals surface area (Å²) in [7, 11) is 0. The van der Waals surface area contributed by atoms with Gasteiger partial charge in [0.1, 0.15) is 0 Å². The van der Waals surface area contributed by atoms with Gasteiger partial charge in [0.25, 0.3) is 0 Å². The van der Waals surface area contributed by atoms with Gasteiger partial charge in [-0.3, -0.25) is 4.79 Å². The summed E-state index contributed by atoms with van der Waals surface area (Å²) in [4.78, 5) is 13.8. The summed E-state index contributed by atoms with van der Waals surface area (Å²) in [5.74, 6) is 0. The van der Waals surface area contributed by atoms with Crippen molar-refractivity contribution in [2.75, 3.05) is 0 Å². The second-order valence-corrected chi connectivity index (χ2v) is 3.06. The Labute approximate surface area is 82.0 Å². The van der Waals surface area contributed by atoms with Gasteiger partial charge in [0.2, 0.25) is 5.24 Å². The van der Waals surface area contributed by atoms with Crippen LogP contribution in [0.15, 0.2) is 24.3 Å². The second kappa shape index (κ2) is 4.64. The number of carbonyl (C=O) groups excluding carboxylic acids is 1. The Morgan fingerprint density at radius 2 is 2.31 bits per heavy atom. The molecule has 0 heterocycles. The molecule has 66 valence electrons. The van der Waals surface area contributed by atoms with Crippen LogP contribution in [0.1, 0.15) is 12.0 Å². The highest BCUT2D eigenvalue weighted by atomic mass is 35.5. The summed E-state index contributed by atoms with van der Waals surface area (Å²) in [5.41, 5.74) is 1.57. The van der Waals surface area contributed by atoms with E-state index in [-0.39, 0.29) is 5.24 Å². The molecule has 0 saturated carbocycles. The maximum Gasteiger partial charge on any atom is 0.221 e. The number of rotatable bonds is 3. The van der Waals surface area contributed by atoms with Gasteiger partial charge in [0.15, 0.2) is 5.69 Å². The maximum atomic E-state index is 10.5. The van der Waals surface area contributed by atoms with E-state index in [0.29, 0.717) is 18.5 Å². The molecule has 2 nitrogen and oxygen atoms in total. The number of halogens is 1. The lowest BCUT2D eigenvalue weighted by atomic mass is 10.1. The monoisotopic (exact) mass is 193 g/mol. The van der Waals surface area contributed by atoms with Gasteiger partial charge in [-0.25, -0.2) is 4.85 Å². The van der Waals surface area contributed by atoms with Crippen molar-refractivity contribution in [1.29, 1.82) is 0 Å². The quantitative estimate of drug-likeness (QED) is 0.534. The zero-order valence-electron chi connectivity index (χ0n) is 6.96. The third-order valence-corrected chi connectivity index (χ3v) is 1.84. The molecule has 3 heteroatoms.